The number of benzene rings is 4. The molecule has 5 rings (SSSR count). The summed E-state index contributed by atoms with van der Waals surface area (Å²) in [5.74, 6) is 0. The zero-order chi connectivity index (χ0) is 22.5. The van der Waals surface area contributed by atoms with Gasteiger partial charge in [-0.3, -0.25) is 0 Å². The van der Waals surface area contributed by atoms with Crippen molar-refractivity contribution in [2.75, 3.05) is 0 Å². The molecule has 1 aromatic heterocycles. The van der Waals surface area contributed by atoms with E-state index in [4.69, 9.17) is 9.07 Å². The van der Waals surface area contributed by atoms with Crippen molar-refractivity contribution >= 4 is 45.7 Å². The van der Waals surface area contributed by atoms with Gasteiger partial charge in [0.25, 0.3) is 0 Å². The molecule has 0 bridgehead atoms. The van der Waals surface area contributed by atoms with Crippen molar-refractivity contribution in [3.05, 3.63) is 78.9 Å². The van der Waals surface area contributed by atoms with Crippen molar-refractivity contribution in [3.8, 4) is 11.1 Å². The van der Waals surface area contributed by atoms with Gasteiger partial charge in [0.2, 0.25) is 0 Å². The lowest BCUT2D eigenvalue weighted by atomic mass is 9.79. The summed E-state index contributed by atoms with van der Waals surface area (Å²) in [6, 6.07) is 27.2. The van der Waals surface area contributed by atoms with Crippen LogP contribution in [-0.2, 0) is 4.65 Å². The van der Waals surface area contributed by atoms with Crippen LogP contribution in [0.3, 0.4) is 0 Å². The van der Waals surface area contributed by atoms with Crippen LogP contribution in [0.25, 0.3) is 43.8 Å². The van der Waals surface area contributed by atoms with Crippen LogP contribution in [0.4, 0.5) is 0 Å². The van der Waals surface area contributed by atoms with E-state index >= 15 is 0 Å². The highest BCUT2D eigenvalue weighted by Gasteiger charge is 2.36. The van der Waals surface area contributed by atoms with E-state index in [1.807, 2.05) is 38.1 Å². The number of furan rings is 1. The first-order valence-corrected chi connectivity index (χ1v) is 11.0. The largest absolute Gasteiger partial charge is 0.456 e. The van der Waals surface area contributed by atoms with Crippen LogP contribution in [0.15, 0.2) is 83.3 Å². The van der Waals surface area contributed by atoms with E-state index in [9.17, 15) is 5.11 Å². The Hall–Kier alpha value is -3.08. The minimum atomic E-state index is -0.974. The summed E-state index contributed by atoms with van der Waals surface area (Å²) in [5.41, 5.74) is 3.28. The second kappa shape index (κ2) is 7.51. The van der Waals surface area contributed by atoms with Crippen molar-refractivity contribution in [2.45, 2.75) is 38.9 Å². The zero-order valence-electron chi connectivity index (χ0n) is 19.0. The molecule has 1 heterocycles. The van der Waals surface area contributed by atoms with Crippen molar-refractivity contribution in [1.29, 1.82) is 0 Å². The quantitative estimate of drug-likeness (QED) is 0.356. The Labute approximate surface area is 188 Å². The first-order valence-electron chi connectivity index (χ1n) is 11.0. The minimum Gasteiger partial charge on any atom is -0.456 e. The van der Waals surface area contributed by atoms with Crippen LogP contribution in [-0.4, -0.2) is 23.8 Å². The van der Waals surface area contributed by atoms with Crippen LogP contribution >= 0.6 is 0 Å². The van der Waals surface area contributed by atoms with Gasteiger partial charge in [-0.2, -0.15) is 0 Å². The molecule has 160 valence electrons. The lowest BCUT2D eigenvalue weighted by Gasteiger charge is -2.37. The predicted molar refractivity (Wildman–Crippen MR) is 135 cm³/mol. The Balaban J connectivity index is 1.73. The SMILES string of the molecule is CC(C)(O)C(C)(C)OBc1cc(-c2ccccc2)cc2oc3cc4ccccc4cc3c12. The third-order valence-electron chi connectivity index (χ3n) is 6.69. The van der Waals surface area contributed by atoms with Crippen LogP contribution in [0.5, 0.6) is 0 Å². The summed E-state index contributed by atoms with van der Waals surface area (Å²) >= 11 is 0. The summed E-state index contributed by atoms with van der Waals surface area (Å²) in [5, 5.41) is 15.1. The van der Waals surface area contributed by atoms with E-state index in [0.29, 0.717) is 7.48 Å². The highest BCUT2D eigenvalue weighted by Crippen LogP contribution is 2.34. The maximum absolute atomic E-state index is 10.6. The molecule has 0 aliphatic heterocycles. The monoisotopic (exact) mass is 422 g/mol. The average Bonchev–Trinajstić information content (AvgIpc) is 3.13. The Morgan fingerprint density at radius 3 is 2.09 bits per heavy atom. The van der Waals surface area contributed by atoms with Crippen molar-refractivity contribution in [2.24, 2.45) is 0 Å². The van der Waals surface area contributed by atoms with Gasteiger partial charge in [0, 0.05) is 10.8 Å². The second-order valence-electron chi connectivity index (χ2n) is 9.53. The van der Waals surface area contributed by atoms with Crippen molar-refractivity contribution in [1.82, 2.24) is 0 Å². The fourth-order valence-corrected chi connectivity index (χ4v) is 4.02. The number of hydrogen-bond donors (Lipinski definition) is 1. The van der Waals surface area contributed by atoms with Gasteiger partial charge in [-0.25, -0.2) is 0 Å². The number of aliphatic hydroxyl groups is 1. The summed E-state index contributed by atoms with van der Waals surface area (Å²) in [7, 11) is 0.371. The van der Waals surface area contributed by atoms with Crippen LogP contribution in [0.1, 0.15) is 27.7 Å². The van der Waals surface area contributed by atoms with Gasteiger partial charge in [0.15, 0.2) is 0 Å². The lowest BCUT2D eigenvalue weighted by molar-refractivity contribution is -0.0893. The average molecular weight is 422 g/mol. The number of rotatable bonds is 5. The molecular formula is C28H27BO3. The van der Waals surface area contributed by atoms with Gasteiger partial charge in [0.1, 0.15) is 11.2 Å². The third-order valence-corrected chi connectivity index (χ3v) is 6.69. The molecule has 1 N–H and O–H groups in total. The Kier molecular flexibility index (Phi) is 4.88. The van der Waals surface area contributed by atoms with Crippen LogP contribution in [0, 0.1) is 0 Å². The minimum absolute atomic E-state index is 0.371. The standard InChI is InChI=1S/C28H27BO3/c1-27(2,30)28(3,4)32-29-23-15-21(18-10-6-5-7-11-18)17-25-26(23)22-14-19-12-8-9-13-20(19)16-24(22)31-25/h5-17,29-30H,1-4H3. The molecule has 5 aromatic rings. The Bertz CT molecular complexity index is 1430. The molecule has 0 fully saturated rings. The lowest BCUT2D eigenvalue weighted by Crippen LogP contribution is -2.49. The fraction of sp³-hybridized carbons (Fsp3) is 0.214. The molecule has 0 aliphatic rings. The maximum Gasteiger partial charge on any atom is 0.310 e. The van der Waals surface area contributed by atoms with Crippen molar-refractivity contribution in [3.63, 3.8) is 0 Å². The van der Waals surface area contributed by atoms with Gasteiger partial charge < -0.3 is 14.2 Å². The second-order valence-corrected chi connectivity index (χ2v) is 9.53. The fourth-order valence-electron chi connectivity index (χ4n) is 4.02. The molecule has 4 heteroatoms. The molecule has 0 radical (unpaired) electrons. The summed E-state index contributed by atoms with van der Waals surface area (Å²) in [6.45, 7) is 7.41. The van der Waals surface area contributed by atoms with E-state index in [2.05, 4.69) is 54.6 Å². The molecule has 4 aromatic carbocycles. The number of fused-ring (bicyclic) bond motifs is 4. The smallest absolute Gasteiger partial charge is 0.310 e. The zero-order valence-corrected chi connectivity index (χ0v) is 19.0. The number of hydrogen-bond acceptors (Lipinski definition) is 3. The normalized spacial score (nSPS) is 12.7. The van der Waals surface area contributed by atoms with Gasteiger partial charge >= 0.3 is 7.48 Å². The first-order chi connectivity index (χ1) is 15.2. The molecule has 0 saturated heterocycles. The van der Waals surface area contributed by atoms with Crippen molar-refractivity contribution < 1.29 is 14.2 Å². The van der Waals surface area contributed by atoms with E-state index in [-0.39, 0.29) is 0 Å². The van der Waals surface area contributed by atoms with Gasteiger partial charge in [-0.05, 0) is 73.3 Å². The Morgan fingerprint density at radius 2 is 1.41 bits per heavy atom. The summed E-state index contributed by atoms with van der Waals surface area (Å²) in [4.78, 5) is 0. The first kappa shape index (κ1) is 20.8. The van der Waals surface area contributed by atoms with E-state index in [1.54, 1.807) is 13.8 Å². The molecule has 0 saturated carbocycles. The summed E-state index contributed by atoms with van der Waals surface area (Å²) < 4.78 is 12.7. The van der Waals surface area contributed by atoms with Crippen LogP contribution < -0.4 is 5.46 Å². The molecule has 0 atom stereocenters. The molecule has 0 aliphatic carbocycles. The topological polar surface area (TPSA) is 42.6 Å². The maximum atomic E-state index is 10.6. The molecule has 0 amide bonds. The molecule has 0 unspecified atom stereocenters. The third kappa shape index (κ3) is 3.60. The van der Waals surface area contributed by atoms with E-state index in [0.717, 1.165) is 43.9 Å². The summed E-state index contributed by atoms with van der Waals surface area (Å²) in [6.07, 6.45) is 0. The van der Waals surface area contributed by atoms with E-state index < -0.39 is 11.2 Å². The van der Waals surface area contributed by atoms with Gasteiger partial charge in [-0.15, -0.1) is 0 Å². The highest BCUT2D eigenvalue weighted by atomic mass is 16.5. The molecule has 3 nitrogen and oxygen atoms in total. The van der Waals surface area contributed by atoms with E-state index in [1.165, 1.54) is 5.39 Å². The van der Waals surface area contributed by atoms with Gasteiger partial charge in [0.05, 0.1) is 11.2 Å². The molecule has 32 heavy (non-hydrogen) atoms. The van der Waals surface area contributed by atoms with Gasteiger partial charge in [-0.1, -0.05) is 60.7 Å². The van der Waals surface area contributed by atoms with Crippen LogP contribution in [0.2, 0.25) is 0 Å². The highest BCUT2D eigenvalue weighted by molar-refractivity contribution is 6.53. The molecular weight excluding hydrogens is 395 g/mol. The molecule has 0 spiro atoms. The predicted octanol–water partition coefficient (Wildman–Crippen LogP) is 5.95. The Morgan fingerprint density at radius 1 is 0.750 bits per heavy atom.